The molecule has 1 fully saturated rings. The normalized spacial score (nSPS) is 14.1. The summed E-state index contributed by atoms with van der Waals surface area (Å²) in [5.74, 6) is -3.20. The molecule has 0 spiro atoms. The van der Waals surface area contributed by atoms with E-state index in [4.69, 9.17) is 0 Å². The summed E-state index contributed by atoms with van der Waals surface area (Å²) in [7, 11) is 0. The van der Waals surface area contributed by atoms with E-state index in [0.717, 1.165) is 30.9 Å². The van der Waals surface area contributed by atoms with Crippen LogP contribution in [0.2, 0.25) is 0 Å². The molecular formula is C21H23F2N3O2. The van der Waals surface area contributed by atoms with Crippen LogP contribution in [0.15, 0.2) is 42.5 Å². The maximum Gasteiger partial charge on any atom is 0.239 e. The zero-order valence-corrected chi connectivity index (χ0v) is 15.9. The summed E-state index contributed by atoms with van der Waals surface area (Å²) in [4.78, 5) is 27.4. The molecule has 148 valence electrons. The number of nitrogens with zero attached hydrogens (tertiary/aromatic N) is 1. The van der Waals surface area contributed by atoms with Crippen molar-refractivity contribution in [2.45, 2.75) is 26.7 Å². The Bertz CT molecular complexity index is 876. The maximum atomic E-state index is 13.3. The van der Waals surface area contributed by atoms with Crippen LogP contribution in [0, 0.1) is 17.0 Å². The predicted octanol–water partition coefficient (Wildman–Crippen LogP) is 4.17. The molecule has 2 aromatic carbocycles. The van der Waals surface area contributed by atoms with Gasteiger partial charge in [0.25, 0.3) is 0 Å². The monoisotopic (exact) mass is 387 g/mol. The first kappa shape index (κ1) is 19.8. The second-order valence-electron chi connectivity index (χ2n) is 7.40. The molecule has 28 heavy (non-hydrogen) atoms. The molecular weight excluding hydrogens is 364 g/mol. The molecule has 0 atom stereocenters. The second kappa shape index (κ2) is 7.96. The summed E-state index contributed by atoms with van der Waals surface area (Å²) < 4.78 is 26.3. The van der Waals surface area contributed by atoms with Crippen molar-refractivity contribution in [1.29, 1.82) is 0 Å². The number of benzene rings is 2. The number of amides is 2. The van der Waals surface area contributed by atoms with Crippen molar-refractivity contribution in [3.05, 3.63) is 54.1 Å². The van der Waals surface area contributed by atoms with Crippen molar-refractivity contribution < 1.29 is 18.4 Å². The van der Waals surface area contributed by atoms with Crippen LogP contribution in [0.1, 0.15) is 26.7 Å². The van der Waals surface area contributed by atoms with Gasteiger partial charge in [0, 0.05) is 36.2 Å². The molecule has 2 aromatic rings. The lowest BCUT2D eigenvalue weighted by atomic mass is 9.90. The van der Waals surface area contributed by atoms with Gasteiger partial charge in [0.05, 0.1) is 0 Å². The Labute approximate surface area is 162 Å². The Hall–Kier alpha value is -2.96. The maximum absolute atomic E-state index is 13.3. The van der Waals surface area contributed by atoms with Gasteiger partial charge in [0.2, 0.25) is 11.8 Å². The molecule has 0 radical (unpaired) electrons. The van der Waals surface area contributed by atoms with E-state index in [-0.39, 0.29) is 5.69 Å². The molecule has 0 unspecified atom stereocenters. The van der Waals surface area contributed by atoms with Crippen LogP contribution < -0.4 is 15.5 Å². The largest absolute Gasteiger partial charge is 0.372 e. The molecule has 3 rings (SSSR count). The first-order valence-corrected chi connectivity index (χ1v) is 9.20. The molecule has 0 bridgehead atoms. The van der Waals surface area contributed by atoms with Gasteiger partial charge >= 0.3 is 0 Å². The van der Waals surface area contributed by atoms with Gasteiger partial charge in [-0.1, -0.05) is 0 Å². The van der Waals surface area contributed by atoms with Crippen LogP contribution in [-0.2, 0) is 9.59 Å². The van der Waals surface area contributed by atoms with Crippen molar-refractivity contribution in [2.75, 3.05) is 28.6 Å². The molecule has 1 heterocycles. The highest BCUT2D eigenvalue weighted by Crippen LogP contribution is 2.25. The van der Waals surface area contributed by atoms with Crippen LogP contribution in [0.4, 0.5) is 25.8 Å². The summed E-state index contributed by atoms with van der Waals surface area (Å²) in [5.41, 5.74) is 0.352. The third-order valence-corrected chi connectivity index (χ3v) is 4.91. The molecule has 0 saturated carbocycles. The van der Waals surface area contributed by atoms with Gasteiger partial charge in [-0.25, -0.2) is 8.78 Å². The lowest BCUT2D eigenvalue weighted by Crippen LogP contribution is -2.41. The van der Waals surface area contributed by atoms with Gasteiger partial charge < -0.3 is 15.5 Å². The summed E-state index contributed by atoms with van der Waals surface area (Å²) >= 11 is 0. The first-order chi connectivity index (χ1) is 13.3. The van der Waals surface area contributed by atoms with E-state index in [9.17, 15) is 18.4 Å². The number of hydrogen-bond acceptors (Lipinski definition) is 3. The Balaban J connectivity index is 1.64. The van der Waals surface area contributed by atoms with Crippen molar-refractivity contribution in [1.82, 2.24) is 0 Å². The summed E-state index contributed by atoms with van der Waals surface area (Å²) in [6.07, 6.45) is 2.36. The molecule has 1 saturated heterocycles. The van der Waals surface area contributed by atoms with Crippen molar-refractivity contribution in [3.8, 4) is 0 Å². The van der Waals surface area contributed by atoms with Crippen molar-refractivity contribution >= 4 is 28.9 Å². The number of carbonyl (C=O) groups is 2. The fourth-order valence-corrected chi connectivity index (χ4v) is 2.98. The van der Waals surface area contributed by atoms with Gasteiger partial charge in [-0.2, -0.15) is 0 Å². The number of carbonyl (C=O) groups excluding carboxylic acids is 2. The SMILES string of the molecule is CC(C)(C(=O)Nc1ccc(N2CCCC2)cc1)C(=O)Nc1ccc(F)c(F)c1. The highest BCUT2D eigenvalue weighted by atomic mass is 19.2. The minimum atomic E-state index is -1.42. The van der Waals surface area contributed by atoms with Crippen LogP contribution in [0.25, 0.3) is 0 Å². The van der Waals surface area contributed by atoms with Gasteiger partial charge in [0.1, 0.15) is 5.41 Å². The second-order valence-corrected chi connectivity index (χ2v) is 7.40. The number of hydrogen-bond donors (Lipinski definition) is 2. The minimum absolute atomic E-state index is 0.0831. The minimum Gasteiger partial charge on any atom is -0.372 e. The van der Waals surface area contributed by atoms with Gasteiger partial charge in [-0.3, -0.25) is 9.59 Å². The zero-order valence-electron chi connectivity index (χ0n) is 15.9. The third kappa shape index (κ3) is 4.30. The molecule has 0 aliphatic carbocycles. The van der Waals surface area contributed by atoms with Crippen LogP contribution in [0.5, 0.6) is 0 Å². The van der Waals surface area contributed by atoms with Gasteiger partial charge in [-0.15, -0.1) is 0 Å². The van der Waals surface area contributed by atoms with Crippen LogP contribution >= 0.6 is 0 Å². The summed E-state index contributed by atoms with van der Waals surface area (Å²) in [5, 5.41) is 5.18. The summed E-state index contributed by atoms with van der Waals surface area (Å²) in [6.45, 7) is 5.00. The quantitative estimate of drug-likeness (QED) is 0.757. The molecule has 7 heteroatoms. The van der Waals surface area contributed by atoms with Gasteiger partial charge in [0.15, 0.2) is 11.6 Å². The smallest absolute Gasteiger partial charge is 0.239 e. The molecule has 1 aliphatic rings. The Morgan fingerprint density at radius 1 is 0.857 bits per heavy atom. The fraction of sp³-hybridized carbons (Fsp3) is 0.333. The Morgan fingerprint density at radius 2 is 1.39 bits per heavy atom. The first-order valence-electron chi connectivity index (χ1n) is 9.20. The molecule has 2 N–H and O–H groups in total. The Kier molecular flexibility index (Phi) is 5.63. The average molecular weight is 387 g/mol. The number of rotatable bonds is 5. The third-order valence-electron chi connectivity index (χ3n) is 4.91. The van der Waals surface area contributed by atoms with E-state index in [1.165, 1.54) is 32.8 Å². The zero-order chi connectivity index (χ0) is 20.3. The van der Waals surface area contributed by atoms with E-state index < -0.39 is 28.9 Å². The van der Waals surface area contributed by atoms with E-state index >= 15 is 0 Å². The molecule has 1 aliphatic heterocycles. The van der Waals surface area contributed by atoms with E-state index in [1.807, 2.05) is 12.1 Å². The van der Waals surface area contributed by atoms with Crippen molar-refractivity contribution in [2.24, 2.45) is 5.41 Å². The molecule has 0 aromatic heterocycles. The fourth-order valence-electron chi connectivity index (χ4n) is 2.98. The van der Waals surface area contributed by atoms with Crippen LogP contribution in [0.3, 0.4) is 0 Å². The number of halogens is 2. The number of anilines is 3. The molecule has 5 nitrogen and oxygen atoms in total. The lowest BCUT2D eigenvalue weighted by Gasteiger charge is -2.23. The van der Waals surface area contributed by atoms with Crippen LogP contribution in [-0.4, -0.2) is 24.9 Å². The topological polar surface area (TPSA) is 61.4 Å². The highest BCUT2D eigenvalue weighted by Gasteiger charge is 2.36. The Morgan fingerprint density at radius 3 is 1.96 bits per heavy atom. The van der Waals surface area contributed by atoms with E-state index in [1.54, 1.807) is 12.1 Å². The highest BCUT2D eigenvalue weighted by molar-refractivity contribution is 6.14. The van der Waals surface area contributed by atoms with Gasteiger partial charge in [-0.05, 0) is 63.1 Å². The molecule has 2 amide bonds. The lowest BCUT2D eigenvalue weighted by molar-refractivity contribution is -0.135. The summed E-state index contributed by atoms with van der Waals surface area (Å²) in [6, 6.07) is 10.5. The van der Waals surface area contributed by atoms with Crippen molar-refractivity contribution in [3.63, 3.8) is 0 Å². The van der Waals surface area contributed by atoms with E-state index in [0.29, 0.717) is 5.69 Å². The standard InChI is InChI=1S/C21H23F2N3O2/c1-21(2,20(28)25-15-7-10-17(22)18(23)13-15)19(27)24-14-5-8-16(9-6-14)26-11-3-4-12-26/h5-10,13H,3-4,11-12H2,1-2H3,(H,24,27)(H,25,28). The average Bonchev–Trinajstić information content (AvgIpc) is 3.20. The predicted molar refractivity (Wildman–Crippen MR) is 105 cm³/mol. The van der Waals surface area contributed by atoms with E-state index in [2.05, 4.69) is 15.5 Å². The number of nitrogens with one attached hydrogen (secondary N) is 2.